The van der Waals surface area contributed by atoms with Gasteiger partial charge in [0.05, 0.1) is 6.54 Å². The van der Waals surface area contributed by atoms with E-state index in [2.05, 4.69) is 27.3 Å². The van der Waals surface area contributed by atoms with Gasteiger partial charge in [0.15, 0.2) is 0 Å². The summed E-state index contributed by atoms with van der Waals surface area (Å²) in [5.41, 5.74) is 5.85. The van der Waals surface area contributed by atoms with Gasteiger partial charge in [0, 0.05) is 27.8 Å². The van der Waals surface area contributed by atoms with Gasteiger partial charge < -0.3 is 10.3 Å². The van der Waals surface area contributed by atoms with Crippen LogP contribution in [0, 0.1) is 13.8 Å². The monoisotopic (exact) mass is 345 g/mol. The summed E-state index contributed by atoms with van der Waals surface area (Å²) in [6.07, 6.45) is 3.19. The summed E-state index contributed by atoms with van der Waals surface area (Å²) in [7, 11) is 0. The van der Waals surface area contributed by atoms with Crippen molar-refractivity contribution in [2.75, 3.05) is 5.32 Å². The number of aromatic amines is 1. The number of fused-ring (bicyclic) bond motifs is 1. The maximum atomic E-state index is 12.6. The highest BCUT2D eigenvalue weighted by molar-refractivity contribution is 6.06. The van der Waals surface area contributed by atoms with E-state index < -0.39 is 0 Å². The molecule has 2 aromatic heterocycles. The molecule has 0 unspecified atom stereocenters. The topological polar surface area (TPSA) is 75.6 Å². The van der Waals surface area contributed by atoms with Gasteiger partial charge in [-0.25, -0.2) is 9.67 Å². The Morgan fingerprint density at radius 2 is 1.96 bits per heavy atom. The Bertz CT molecular complexity index is 1060. The molecule has 0 fully saturated rings. The number of anilines is 1. The Morgan fingerprint density at radius 1 is 1.15 bits per heavy atom. The molecule has 26 heavy (non-hydrogen) atoms. The van der Waals surface area contributed by atoms with E-state index in [0.717, 1.165) is 27.8 Å². The number of benzene rings is 2. The first-order valence-electron chi connectivity index (χ1n) is 8.42. The molecular weight excluding hydrogens is 326 g/mol. The molecule has 0 radical (unpaired) electrons. The van der Waals surface area contributed by atoms with Gasteiger partial charge >= 0.3 is 0 Å². The molecule has 0 aliphatic heterocycles. The average Bonchev–Trinajstić information content (AvgIpc) is 3.25. The summed E-state index contributed by atoms with van der Waals surface area (Å²) in [4.78, 5) is 19.8. The van der Waals surface area contributed by atoms with E-state index in [9.17, 15) is 4.79 Å². The largest absolute Gasteiger partial charge is 0.358 e. The zero-order valence-electron chi connectivity index (χ0n) is 14.7. The maximum Gasteiger partial charge on any atom is 0.255 e. The molecular formula is C20H19N5O. The number of aryl methyl sites for hydroxylation is 2. The first-order chi connectivity index (χ1) is 12.6. The molecule has 0 spiro atoms. The molecule has 6 heteroatoms. The zero-order chi connectivity index (χ0) is 18.1. The molecule has 2 N–H and O–H groups in total. The molecule has 1 amide bonds. The van der Waals surface area contributed by atoms with Crippen LogP contribution in [0.1, 0.15) is 27.2 Å². The molecule has 0 atom stereocenters. The second-order valence-corrected chi connectivity index (χ2v) is 6.38. The van der Waals surface area contributed by atoms with Crippen molar-refractivity contribution in [3.8, 4) is 0 Å². The van der Waals surface area contributed by atoms with Crippen LogP contribution in [0.2, 0.25) is 0 Å². The highest BCUT2D eigenvalue weighted by atomic mass is 16.1. The lowest BCUT2D eigenvalue weighted by Crippen LogP contribution is -2.11. The fourth-order valence-corrected chi connectivity index (χ4v) is 3.00. The SMILES string of the molecule is Cc1[nH]c2ccc(C(=O)Nc3ccc(Cn4cncn4)cc3)cc2c1C. The van der Waals surface area contributed by atoms with Crippen molar-refractivity contribution in [3.05, 3.63) is 77.5 Å². The predicted octanol–water partition coefficient (Wildman–Crippen LogP) is 3.68. The fourth-order valence-electron chi connectivity index (χ4n) is 3.00. The van der Waals surface area contributed by atoms with Crippen molar-refractivity contribution in [3.63, 3.8) is 0 Å². The van der Waals surface area contributed by atoms with Crippen LogP contribution in [0.3, 0.4) is 0 Å². The first-order valence-corrected chi connectivity index (χ1v) is 8.42. The third kappa shape index (κ3) is 3.09. The van der Waals surface area contributed by atoms with Gasteiger partial charge in [-0.05, 0) is 55.3 Å². The fraction of sp³-hybridized carbons (Fsp3) is 0.150. The lowest BCUT2D eigenvalue weighted by Gasteiger charge is -2.07. The lowest BCUT2D eigenvalue weighted by atomic mass is 10.1. The number of nitrogens with zero attached hydrogens (tertiary/aromatic N) is 3. The molecule has 6 nitrogen and oxygen atoms in total. The maximum absolute atomic E-state index is 12.6. The number of carbonyl (C=O) groups is 1. The minimum absolute atomic E-state index is 0.117. The van der Waals surface area contributed by atoms with E-state index in [1.54, 1.807) is 11.0 Å². The van der Waals surface area contributed by atoms with Gasteiger partial charge in [-0.15, -0.1) is 0 Å². The molecule has 0 aliphatic carbocycles. The highest BCUT2D eigenvalue weighted by Crippen LogP contribution is 2.23. The summed E-state index contributed by atoms with van der Waals surface area (Å²) in [5.74, 6) is -0.117. The van der Waals surface area contributed by atoms with Crippen LogP contribution in [0.5, 0.6) is 0 Å². The smallest absolute Gasteiger partial charge is 0.255 e. The minimum Gasteiger partial charge on any atom is -0.358 e. The van der Waals surface area contributed by atoms with Crippen molar-refractivity contribution in [2.24, 2.45) is 0 Å². The number of rotatable bonds is 4. The molecule has 0 bridgehead atoms. The van der Waals surface area contributed by atoms with Crippen molar-refractivity contribution in [1.82, 2.24) is 19.7 Å². The van der Waals surface area contributed by atoms with Crippen LogP contribution in [-0.2, 0) is 6.54 Å². The van der Waals surface area contributed by atoms with Crippen LogP contribution in [0.15, 0.2) is 55.1 Å². The van der Waals surface area contributed by atoms with Crippen molar-refractivity contribution in [1.29, 1.82) is 0 Å². The summed E-state index contributed by atoms with van der Waals surface area (Å²) < 4.78 is 1.75. The van der Waals surface area contributed by atoms with Crippen molar-refractivity contribution in [2.45, 2.75) is 20.4 Å². The normalized spacial score (nSPS) is 11.0. The lowest BCUT2D eigenvalue weighted by molar-refractivity contribution is 0.102. The van der Waals surface area contributed by atoms with E-state index in [1.165, 1.54) is 11.9 Å². The Hall–Kier alpha value is -3.41. The van der Waals surface area contributed by atoms with Crippen molar-refractivity contribution >= 4 is 22.5 Å². The molecule has 0 saturated carbocycles. The van der Waals surface area contributed by atoms with E-state index in [4.69, 9.17) is 0 Å². The quantitative estimate of drug-likeness (QED) is 0.592. The standard InChI is InChI=1S/C20H19N5O/c1-13-14(2)23-19-8-5-16(9-18(13)19)20(26)24-17-6-3-15(4-7-17)10-25-12-21-11-22-25/h3-9,11-12,23H,10H2,1-2H3,(H,24,26). The van der Waals surface area contributed by atoms with E-state index in [1.807, 2.05) is 49.4 Å². The summed E-state index contributed by atoms with van der Waals surface area (Å²) in [6.45, 7) is 4.75. The number of aromatic nitrogens is 4. The molecule has 130 valence electrons. The first kappa shape index (κ1) is 16.1. The van der Waals surface area contributed by atoms with Crippen LogP contribution >= 0.6 is 0 Å². The predicted molar refractivity (Wildman–Crippen MR) is 101 cm³/mol. The average molecular weight is 345 g/mol. The number of carbonyl (C=O) groups excluding carboxylic acids is 1. The third-order valence-corrected chi connectivity index (χ3v) is 4.59. The summed E-state index contributed by atoms with van der Waals surface area (Å²) in [5, 5.41) is 8.12. The second kappa shape index (κ2) is 6.48. The summed E-state index contributed by atoms with van der Waals surface area (Å²) >= 11 is 0. The van der Waals surface area contributed by atoms with Gasteiger partial charge in [0.1, 0.15) is 12.7 Å². The van der Waals surface area contributed by atoms with Crippen LogP contribution in [0.4, 0.5) is 5.69 Å². The van der Waals surface area contributed by atoms with E-state index in [-0.39, 0.29) is 5.91 Å². The number of H-pyrrole nitrogens is 1. The Kier molecular flexibility index (Phi) is 4.01. The number of nitrogens with one attached hydrogen (secondary N) is 2. The minimum atomic E-state index is -0.117. The van der Waals surface area contributed by atoms with Gasteiger partial charge in [0.25, 0.3) is 5.91 Å². The van der Waals surface area contributed by atoms with Gasteiger partial charge in [-0.2, -0.15) is 5.10 Å². The van der Waals surface area contributed by atoms with Crippen molar-refractivity contribution < 1.29 is 4.79 Å². The molecule has 2 aromatic carbocycles. The molecule has 4 rings (SSSR count). The number of hydrogen-bond donors (Lipinski definition) is 2. The van der Waals surface area contributed by atoms with Gasteiger partial charge in [-0.1, -0.05) is 12.1 Å². The Morgan fingerprint density at radius 3 is 2.69 bits per heavy atom. The highest BCUT2D eigenvalue weighted by Gasteiger charge is 2.10. The Labute approximate surface area is 150 Å². The van der Waals surface area contributed by atoms with Crippen LogP contribution in [-0.4, -0.2) is 25.7 Å². The Balaban J connectivity index is 1.50. The zero-order valence-corrected chi connectivity index (χ0v) is 14.7. The number of hydrogen-bond acceptors (Lipinski definition) is 3. The van der Waals surface area contributed by atoms with Gasteiger partial charge in [-0.3, -0.25) is 4.79 Å². The molecule has 0 aliphatic rings. The molecule has 2 heterocycles. The number of amides is 1. The molecule has 4 aromatic rings. The van der Waals surface area contributed by atoms with Crippen LogP contribution < -0.4 is 5.32 Å². The third-order valence-electron chi connectivity index (χ3n) is 4.59. The van der Waals surface area contributed by atoms with Crippen LogP contribution in [0.25, 0.3) is 10.9 Å². The van der Waals surface area contributed by atoms with E-state index >= 15 is 0 Å². The second-order valence-electron chi connectivity index (χ2n) is 6.38. The summed E-state index contributed by atoms with van der Waals surface area (Å²) in [6, 6.07) is 13.5. The molecule has 0 saturated heterocycles. The van der Waals surface area contributed by atoms with Gasteiger partial charge in [0.2, 0.25) is 0 Å². The van der Waals surface area contributed by atoms with E-state index in [0.29, 0.717) is 12.1 Å².